The Morgan fingerprint density at radius 2 is 2.04 bits per heavy atom. The normalized spacial score (nSPS) is 10.5. The van der Waals surface area contributed by atoms with Gasteiger partial charge in [-0.3, -0.25) is 4.68 Å². The summed E-state index contributed by atoms with van der Waals surface area (Å²) in [5.74, 6) is 0. The summed E-state index contributed by atoms with van der Waals surface area (Å²) >= 11 is 6.10. The van der Waals surface area contributed by atoms with E-state index in [0.29, 0.717) is 0 Å². The van der Waals surface area contributed by atoms with Gasteiger partial charge in [0.1, 0.15) is 0 Å². The summed E-state index contributed by atoms with van der Waals surface area (Å²) in [6, 6.07) is 7.95. The summed E-state index contributed by atoms with van der Waals surface area (Å²) in [5, 5.41) is 8.51. The van der Waals surface area contributed by atoms with Crippen molar-refractivity contribution in [3.8, 4) is 0 Å². The van der Waals surface area contributed by atoms with Gasteiger partial charge in [0.05, 0.1) is 11.4 Å². The Hall–Kier alpha value is -2.00. The Bertz CT molecular complexity index is 737. The standard InChI is InChI=1S/C19H24ClN3/c1-13(2)19(18-9-11-22-23(18)5)21-10-8-15(4)17-12-16(20)7-6-14(17)3/h6-7,9,11-12,21H,4,8,10H2,1-3,5H3. The van der Waals surface area contributed by atoms with Crippen LogP contribution in [0.4, 0.5) is 0 Å². The molecule has 2 aromatic rings. The Balaban J connectivity index is 2.03. The molecule has 4 heteroatoms. The van der Waals surface area contributed by atoms with Crippen LogP contribution in [0.1, 0.15) is 37.1 Å². The first-order valence-corrected chi connectivity index (χ1v) is 8.12. The van der Waals surface area contributed by atoms with Crippen molar-refractivity contribution in [2.75, 3.05) is 6.54 Å². The van der Waals surface area contributed by atoms with Crippen molar-refractivity contribution in [1.29, 1.82) is 0 Å². The highest BCUT2D eigenvalue weighted by Gasteiger charge is 2.09. The number of halogens is 1. The smallest absolute Gasteiger partial charge is 0.0837 e. The highest BCUT2D eigenvalue weighted by Crippen LogP contribution is 2.24. The van der Waals surface area contributed by atoms with Crippen molar-refractivity contribution in [2.24, 2.45) is 7.05 Å². The van der Waals surface area contributed by atoms with Gasteiger partial charge in [-0.25, -0.2) is 0 Å². The molecule has 0 bridgehead atoms. The Morgan fingerprint density at radius 3 is 2.65 bits per heavy atom. The summed E-state index contributed by atoms with van der Waals surface area (Å²) in [4.78, 5) is 0. The molecule has 0 aliphatic rings. The molecule has 1 aromatic carbocycles. The second-order valence-electron chi connectivity index (χ2n) is 5.95. The molecule has 0 radical (unpaired) electrons. The van der Waals surface area contributed by atoms with E-state index in [-0.39, 0.29) is 0 Å². The van der Waals surface area contributed by atoms with Crippen LogP contribution in [-0.4, -0.2) is 16.3 Å². The average molecular weight is 330 g/mol. The lowest BCUT2D eigenvalue weighted by atomic mass is 9.99. The van der Waals surface area contributed by atoms with Crippen LogP contribution in [0, 0.1) is 6.92 Å². The number of nitrogens with zero attached hydrogens (tertiary/aromatic N) is 2. The molecule has 0 fully saturated rings. The Labute approximate surface area is 143 Å². The molecule has 3 nitrogen and oxygen atoms in total. The second-order valence-corrected chi connectivity index (χ2v) is 6.39. The summed E-state index contributed by atoms with van der Waals surface area (Å²) in [7, 11) is 1.95. The minimum Gasteiger partial charge on any atom is -0.383 e. The van der Waals surface area contributed by atoms with Crippen molar-refractivity contribution < 1.29 is 0 Å². The number of hydrogen-bond acceptors (Lipinski definition) is 2. The van der Waals surface area contributed by atoms with Gasteiger partial charge in [0, 0.05) is 24.8 Å². The van der Waals surface area contributed by atoms with Crippen LogP contribution in [-0.2, 0) is 7.05 Å². The fourth-order valence-electron chi connectivity index (χ4n) is 2.59. The van der Waals surface area contributed by atoms with Crippen LogP contribution in [0.15, 0.2) is 42.6 Å². The summed E-state index contributed by atoms with van der Waals surface area (Å²) in [6.07, 6.45) is 2.67. The van der Waals surface area contributed by atoms with E-state index in [1.54, 1.807) is 0 Å². The van der Waals surface area contributed by atoms with Crippen LogP contribution in [0.3, 0.4) is 0 Å². The monoisotopic (exact) mass is 329 g/mol. The van der Waals surface area contributed by atoms with E-state index in [1.807, 2.05) is 42.2 Å². The van der Waals surface area contributed by atoms with Gasteiger partial charge in [0.25, 0.3) is 0 Å². The van der Waals surface area contributed by atoms with Crippen molar-refractivity contribution in [3.63, 3.8) is 0 Å². The highest BCUT2D eigenvalue weighted by atomic mass is 35.5. The zero-order chi connectivity index (χ0) is 17.0. The van der Waals surface area contributed by atoms with Gasteiger partial charge in [0.15, 0.2) is 0 Å². The molecular weight excluding hydrogens is 306 g/mol. The molecule has 0 saturated carbocycles. The van der Waals surface area contributed by atoms with E-state index in [0.717, 1.165) is 40.5 Å². The maximum atomic E-state index is 6.10. The van der Waals surface area contributed by atoms with Gasteiger partial charge in [-0.2, -0.15) is 5.10 Å². The van der Waals surface area contributed by atoms with Crippen LogP contribution in [0.25, 0.3) is 11.3 Å². The van der Waals surface area contributed by atoms with E-state index in [2.05, 4.69) is 37.8 Å². The minimum atomic E-state index is 0.750. The highest BCUT2D eigenvalue weighted by molar-refractivity contribution is 6.30. The summed E-state index contributed by atoms with van der Waals surface area (Å²) in [6.45, 7) is 11.3. The van der Waals surface area contributed by atoms with Crippen LogP contribution >= 0.6 is 11.6 Å². The number of allylic oxidation sites excluding steroid dienone is 1. The number of aromatic nitrogens is 2. The first-order valence-electron chi connectivity index (χ1n) is 7.74. The van der Waals surface area contributed by atoms with Gasteiger partial charge in [-0.1, -0.05) is 29.8 Å². The van der Waals surface area contributed by atoms with Gasteiger partial charge >= 0.3 is 0 Å². The molecule has 1 N–H and O–H groups in total. The molecule has 0 unspecified atom stereocenters. The fraction of sp³-hybridized carbons (Fsp3) is 0.316. The van der Waals surface area contributed by atoms with Crippen LogP contribution in [0.5, 0.6) is 0 Å². The fourth-order valence-corrected chi connectivity index (χ4v) is 2.76. The molecule has 0 saturated heterocycles. The van der Waals surface area contributed by atoms with Crippen molar-refractivity contribution in [2.45, 2.75) is 27.2 Å². The molecule has 0 aliphatic heterocycles. The number of rotatable bonds is 6. The maximum Gasteiger partial charge on any atom is 0.0837 e. The predicted octanol–water partition coefficient (Wildman–Crippen LogP) is 4.83. The van der Waals surface area contributed by atoms with Gasteiger partial charge < -0.3 is 5.32 Å². The third-order valence-corrected chi connectivity index (χ3v) is 4.12. The molecule has 2 rings (SSSR count). The van der Waals surface area contributed by atoms with Gasteiger partial charge in [0.2, 0.25) is 0 Å². The molecule has 0 aliphatic carbocycles. The molecule has 122 valence electrons. The Morgan fingerprint density at radius 1 is 1.30 bits per heavy atom. The zero-order valence-corrected chi connectivity index (χ0v) is 15.0. The molecule has 23 heavy (non-hydrogen) atoms. The largest absolute Gasteiger partial charge is 0.383 e. The summed E-state index contributed by atoms with van der Waals surface area (Å²) < 4.78 is 1.88. The van der Waals surface area contributed by atoms with E-state index in [1.165, 1.54) is 11.1 Å². The summed E-state index contributed by atoms with van der Waals surface area (Å²) in [5.41, 5.74) is 6.89. The molecule has 0 spiro atoms. The number of benzene rings is 1. The number of hydrogen-bond donors (Lipinski definition) is 1. The first kappa shape index (κ1) is 17.4. The number of nitrogens with one attached hydrogen (secondary N) is 1. The molecular formula is C19H24ClN3. The van der Waals surface area contributed by atoms with E-state index in [9.17, 15) is 0 Å². The van der Waals surface area contributed by atoms with Crippen LogP contribution < -0.4 is 5.32 Å². The third kappa shape index (κ3) is 4.26. The second kappa shape index (κ2) is 7.51. The van der Waals surface area contributed by atoms with Crippen molar-refractivity contribution in [3.05, 3.63) is 64.5 Å². The minimum absolute atomic E-state index is 0.750. The van der Waals surface area contributed by atoms with E-state index < -0.39 is 0 Å². The molecule has 0 atom stereocenters. The quantitative estimate of drug-likeness (QED) is 0.823. The van der Waals surface area contributed by atoms with Crippen molar-refractivity contribution >= 4 is 22.9 Å². The molecule has 1 heterocycles. The van der Waals surface area contributed by atoms with E-state index in [4.69, 9.17) is 11.6 Å². The van der Waals surface area contributed by atoms with E-state index >= 15 is 0 Å². The topological polar surface area (TPSA) is 29.9 Å². The Kier molecular flexibility index (Phi) is 5.67. The van der Waals surface area contributed by atoms with Crippen molar-refractivity contribution in [1.82, 2.24) is 15.1 Å². The third-order valence-electron chi connectivity index (χ3n) is 3.89. The maximum absolute atomic E-state index is 6.10. The van der Waals surface area contributed by atoms with Gasteiger partial charge in [-0.15, -0.1) is 0 Å². The van der Waals surface area contributed by atoms with Crippen LogP contribution in [0.2, 0.25) is 5.02 Å². The number of aryl methyl sites for hydroxylation is 2. The molecule has 1 aromatic heterocycles. The lowest BCUT2D eigenvalue weighted by Crippen LogP contribution is -2.17. The predicted molar refractivity (Wildman–Crippen MR) is 99.3 cm³/mol. The van der Waals surface area contributed by atoms with Gasteiger partial charge in [-0.05, 0) is 62.1 Å². The zero-order valence-electron chi connectivity index (χ0n) is 14.3. The lowest BCUT2D eigenvalue weighted by molar-refractivity contribution is 0.741. The average Bonchev–Trinajstić information content (AvgIpc) is 2.91. The first-order chi connectivity index (χ1) is 10.9. The molecule has 0 amide bonds. The lowest BCUT2D eigenvalue weighted by Gasteiger charge is -2.15. The SMILES string of the molecule is C=C(CCNC(=C(C)C)c1ccnn1C)c1cc(Cl)ccc1C.